The molecule has 6 heteroatoms. The van der Waals surface area contributed by atoms with Crippen LogP contribution in [0.1, 0.15) is 19.3 Å². The van der Waals surface area contributed by atoms with Crippen molar-refractivity contribution in [3.63, 3.8) is 0 Å². The van der Waals surface area contributed by atoms with Crippen molar-refractivity contribution in [2.24, 2.45) is 7.05 Å². The smallest absolute Gasteiger partial charge is 0.243 e. The zero-order valence-corrected chi connectivity index (χ0v) is 8.73. The molecule has 82 valence electrons. The molecule has 0 radical (unpaired) electrons. The molecule has 2 N–H and O–H groups in total. The molecule has 1 atom stereocenters. The Labute approximate surface area is 88.1 Å². The number of rotatable bonds is 2. The Morgan fingerprint density at radius 1 is 1.67 bits per heavy atom. The van der Waals surface area contributed by atoms with E-state index in [1.165, 1.54) is 6.33 Å². The van der Waals surface area contributed by atoms with Crippen molar-refractivity contribution < 1.29 is 4.79 Å². The lowest BCUT2D eigenvalue weighted by atomic mass is 10.0. The third-order valence-corrected chi connectivity index (χ3v) is 2.57. The van der Waals surface area contributed by atoms with Crippen molar-refractivity contribution in [3.8, 4) is 0 Å². The maximum Gasteiger partial charge on any atom is 0.243 e. The topological polar surface area (TPSA) is 71.8 Å². The number of nitrogens with zero attached hydrogens (tertiary/aromatic N) is 3. The van der Waals surface area contributed by atoms with Crippen LogP contribution in [0.15, 0.2) is 6.33 Å². The van der Waals surface area contributed by atoms with E-state index in [0.717, 1.165) is 25.8 Å². The number of carbonyl (C=O) groups excluding carboxylic acids is 1. The molecule has 15 heavy (non-hydrogen) atoms. The summed E-state index contributed by atoms with van der Waals surface area (Å²) in [5.41, 5.74) is 0. The molecular formula is C9H15N5O. The number of hydrogen-bond donors (Lipinski definition) is 2. The minimum absolute atomic E-state index is 0.0224. The lowest BCUT2D eigenvalue weighted by Gasteiger charge is -2.21. The van der Waals surface area contributed by atoms with E-state index < -0.39 is 0 Å². The molecule has 2 heterocycles. The number of amides is 1. The van der Waals surface area contributed by atoms with E-state index in [1.54, 1.807) is 11.7 Å². The molecule has 0 aliphatic carbocycles. The molecule has 1 amide bonds. The maximum atomic E-state index is 11.8. The summed E-state index contributed by atoms with van der Waals surface area (Å²) >= 11 is 0. The summed E-state index contributed by atoms with van der Waals surface area (Å²) in [4.78, 5) is 15.7. The van der Waals surface area contributed by atoms with Crippen molar-refractivity contribution in [1.82, 2.24) is 20.1 Å². The van der Waals surface area contributed by atoms with E-state index in [0.29, 0.717) is 5.95 Å². The van der Waals surface area contributed by atoms with E-state index in [2.05, 4.69) is 20.7 Å². The van der Waals surface area contributed by atoms with Gasteiger partial charge in [-0.3, -0.25) is 10.1 Å². The van der Waals surface area contributed by atoms with Crippen LogP contribution in [0.4, 0.5) is 5.95 Å². The second-order valence-corrected chi connectivity index (χ2v) is 3.70. The quantitative estimate of drug-likeness (QED) is 0.713. The molecule has 1 aliphatic rings. The van der Waals surface area contributed by atoms with Crippen molar-refractivity contribution in [1.29, 1.82) is 0 Å². The van der Waals surface area contributed by atoms with Crippen molar-refractivity contribution >= 4 is 11.9 Å². The van der Waals surface area contributed by atoms with Crippen molar-refractivity contribution in [2.45, 2.75) is 25.3 Å². The number of anilines is 1. The highest BCUT2D eigenvalue weighted by Crippen LogP contribution is 2.09. The predicted molar refractivity (Wildman–Crippen MR) is 55.3 cm³/mol. The van der Waals surface area contributed by atoms with E-state index in [4.69, 9.17) is 0 Å². The summed E-state index contributed by atoms with van der Waals surface area (Å²) in [5, 5.41) is 9.81. The van der Waals surface area contributed by atoms with Gasteiger partial charge in [0.05, 0.1) is 6.04 Å². The monoisotopic (exact) mass is 209 g/mol. The van der Waals surface area contributed by atoms with Crippen LogP contribution in [0, 0.1) is 0 Å². The standard InChI is InChI=1S/C9H15N5O/c1-14-9(11-6-12-14)13-8(15)7-4-2-3-5-10-7/h6-7,10H,2-5H2,1H3,(H,11,12,13,15)/t7-/m0/s1. The van der Waals surface area contributed by atoms with Crippen LogP contribution < -0.4 is 10.6 Å². The van der Waals surface area contributed by atoms with Gasteiger partial charge in [-0.2, -0.15) is 10.1 Å². The number of nitrogens with one attached hydrogen (secondary N) is 2. The number of carbonyl (C=O) groups is 1. The van der Waals surface area contributed by atoms with Gasteiger partial charge in [-0.25, -0.2) is 4.68 Å². The summed E-state index contributed by atoms with van der Waals surface area (Å²) < 4.78 is 1.54. The van der Waals surface area contributed by atoms with Crippen LogP contribution in [0.3, 0.4) is 0 Å². The Morgan fingerprint density at radius 2 is 2.53 bits per heavy atom. The molecular weight excluding hydrogens is 194 g/mol. The van der Waals surface area contributed by atoms with Crippen LogP contribution >= 0.6 is 0 Å². The van der Waals surface area contributed by atoms with E-state index >= 15 is 0 Å². The first-order chi connectivity index (χ1) is 7.27. The summed E-state index contributed by atoms with van der Waals surface area (Å²) in [6, 6.07) is -0.0875. The first-order valence-electron chi connectivity index (χ1n) is 5.15. The summed E-state index contributed by atoms with van der Waals surface area (Å²) in [6.07, 6.45) is 4.56. The summed E-state index contributed by atoms with van der Waals surface area (Å²) in [7, 11) is 1.75. The summed E-state index contributed by atoms with van der Waals surface area (Å²) in [6.45, 7) is 0.914. The molecule has 1 aromatic rings. The largest absolute Gasteiger partial charge is 0.306 e. The molecule has 1 aromatic heterocycles. The number of piperidine rings is 1. The SMILES string of the molecule is Cn1ncnc1NC(=O)[C@@H]1CCCCN1. The number of aromatic nitrogens is 3. The predicted octanol–water partition coefficient (Wildman–Crippen LogP) is -0.104. The first kappa shape index (κ1) is 10.1. The second-order valence-electron chi connectivity index (χ2n) is 3.70. The molecule has 0 unspecified atom stereocenters. The maximum absolute atomic E-state index is 11.8. The minimum Gasteiger partial charge on any atom is -0.306 e. The second kappa shape index (κ2) is 4.39. The fourth-order valence-corrected chi connectivity index (χ4v) is 1.68. The van der Waals surface area contributed by atoms with Crippen LogP contribution in [-0.2, 0) is 11.8 Å². The molecule has 0 spiro atoms. The van der Waals surface area contributed by atoms with Gasteiger partial charge in [0.1, 0.15) is 6.33 Å². The van der Waals surface area contributed by atoms with Gasteiger partial charge in [0.25, 0.3) is 0 Å². The molecule has 6 nitrogen and oxygen atoms in total. The Balaban J connectivity index is 1.94. The zero-order chi connectivity index (χ0) is 10.7. The molecule has 0 aromatic carbocycles. The Bertz CT molecular complexity index is 342. The Morgan fingerprint density at radius 3 is 3.13 bits per heavy atom. The van der Waals surface area contributed by atoms with Gasteiger partial charge in [0.2, 0.25) is 11.9 Å². The van der Waals surface area contributed by atoms with Crippen LogP contribution in [0.25, 0.3) is 0 Å². The van der Waals surface area contributed by atoms with Crippen LogP contribution in [0.2, 0.25) is 0 Å². The normalized spacial score (nSPS) is 21.3. The van der Waals surface area contributed by atoms with Crippen LogP contribution in [-0.4, -0.2) is 33.3 Å². The lowest BCUT2D eigenvalue weighted by Crippen LogP contribution is -2.43. The van der Waals surface area contributed by atoms with E-state index in [9.17, 15) is 4.79 Å². The third-order valence-electron chi connectivity index (χ3n) is 2.57. The van der Waals surface area contributed by atoms with Gasteiger partial charge in [0.15, 0.2) is 0 Å². The van der Waals surface area contributed by atoms with Crippen molar-refractivity contribution in [3.05, 3.63) is 6.33 Å². The summed E-state index contributed by atoms with van der Waals surface area (Å²) in [5.74, 6) is 0.471. The molecule has 1 saturated heterocycles. The first-order valence-corrected chi connectivity index (χ1v) is 5.15. The third kappa shape index (κ3) is 2.33. The average Bonchev–Trinajstić information content (AvgIpc) is 2.66. The molecule has 0 saturated carbocycles. The highest BCUT2D eigenvalue weighted by molar-refractivity contribution is 5.93. The number of aryl methyl sites for hydroxylation is 1. The fourth-order valence-electron chi connectivity index (χ4n) is 1.68. The van der Waals surface area contributed by atoms with E-state index in [-0.39, 0.29) is 11.9 Å². The Hall–Kier alpha value is -1.43. The van der Waals surface area contributed by atoms with Gasteiger partial charge < -0.3 is 5.32 Å². The molecule has 1 fully saturated rings. The molecule has 2 rings (SSSR count). The van der Waals surface area contributed by atoms with Gasteiger partial charge in [-0.1, -0.05) is 6.42 Å². The van der Waals surface area contributed by atoms with Gasteiger partial charge in [0, 0.05) is 7.05 Å². The molecule has 0 bridgehead atoms. The zero-order valence-electron chi connectivity index (χ0n) is 8.73. The fraction of sp³-hybridized carbons (Fsp3) is 0.667. The molecule has 1 aliphatic heterocycles. The van der Waals surface area contributed by atoms with Gasteiger partial charge in [-0.05, 0) is 19.4 Å². The number of hydrogen-bond acceptors (Lipinski definition) is 4. The lowest BCUT2D eigenvalue weighted by molar-refractivity contribution is -0.118. The van der Waals surface area contributed by atoms with Crippen LogP contribution in [0.5, 0.6) is 0 Å². The highest BCUT2D eigenvalue weighted by atomic mass is 16.2. The average molecular weight is 209 g/mol. The van der Waals surface area contributed by atoms with Gasteiger partial charge >= 0.3 is 0 Å². The van der Waals surface area contributed by atoms with Gasteiger partial charge in [-0.15, -0.1) is 0 Å². The Kier molecular flexibility index (Phi) is 2.96. The van der Waals surface area contributed by atoms with E-state index in [1.807, 2.05) is 0 Å². The minimum atomic E-state index is -0.0875. The van der Waals surface area contributed by atoms with Crippen molar-refractivity contribution in [2.75, 3.05) is 11.9 Å². The highest BCUT2D eigenvalue weighted by Gasteiger charge is 2.21.